The van der Waals surface area contributed by atoms with Crippen LogP contribution in [0.2, 0.25) is 0 Å². The minimum absolute atomic E-state index is 0.0316. The molecule has 3 heterocycles. The smallest absolute Gasteiger partial charge is 0.274 e. The third-order valence-corrected chi connectivity index (χ3v) is 9.82. The Kier molecular flexibility index (Phi) is 3.47. The number of rotatable bonds is 4. The van der Waals surface area contributed by atoms with E-state index in [1.807, 2.05) is 23.1 Å². The Labute approximate surface area is 182 Å². The Bertz CT molecular complexity index is 1120. The quantitative estimate of drug-likeness (QED) is 0.828. The summed E-state index contributed by atoms with van der Waals surface area (Å²) in [5, 5.41) is 3.29. The van der Waals surface area contributed by atoms with Gasteiger partial charge in [0, 0.05) is 25.8 Å². The van der Waals surface area contributed by atoms with Crippen molar-refractivity contribution >= 4 is 17.5 Å². The molecule has 2 aromatic heterocycles. The van der Waals surface area contributed by atoms with Gasteiger partial charge in [-0.2, -0.15) is 0 Å². The van der Waals surface area contributed by atoms with Crippen LogP contribution in [0.25, 0.3) is 5.65 Å². The van der Waals surface area contributed by atoms with Crippen LogP contribution in [0, 0.1) is 34.5 Å². The topological polar surface area (TPSA) is 66.7 Å². The first kappa shape index (κ1) is 18.2. The van der Waals surface area contributed by atoms with Crippen LogP contribution in [0.4, 0.5) is 0 Å². The third kappa shape index (κ3) is 2.21. The van der Waals surface area contributed by atoms with E-state index >= 15 is 0 Å². The van der Waals surface area contributed by atoms with Crippen molar-refractivity contribution in [1.29, 1.82) is 0 Å². The predicted octanol–water partition coefficient (Wildman–Crippen LogP) is 3.37. The maximum Gasteiger partial charge on any atom is 0.274 e. The van der Waals surface area contributed by atoms with Crippen LogP contribution >= 0.6 is 0 Å². The normalized spacial score (nSPS) is 39.3. The maximum atomic E-state index is 13.2. The Morgan fingerprint density at radius 2 is 2.10 bits per heavy atom. The summed E-state index contributed by atoms with van der Waals surface area (Å²) >= 11 is 0. The molecule has 6 nitrogen and oxygen atoms in total. The number of hydrogen-bond acceptors (Lipinski definition) is 3. The molecule has 1 saturated heterocycles. The summed E-state index contributed by atoms with van der Waals surface area (Å²) in [5.41, 5.74) is 2.58. The van der Waals surface area contributed by atoms with Gasteiger partial charge in [0.15, 0.2) is 0 Å². The highest BCUT2D eigenvalue weighted by molar-refractivity contribution is 5.95. The molecule has 2 bridgehead atoms. The van der Waals surface area contributed by atoms with Crippen molar-refractivity contribution in [2.45, 2.75) is 45.4 Å². The lowest BCUT2D eigenvalue weighted by atomic mass is 9.32. The number of fused-ring (bicyclic) bond motifs is 2. The predicted molar refractivity (Wildman–Crippen MR) is 116 cm³/mol. The summed E-state index contributed by atoms with van der Waals surface area (Å²) in [7, 11) is 0. The van der Waals surface area contributed by atoms with E-state index in [-0.39, 0.29) is 11.8 Å². The van der Waals surface area contributed by atoms with Crippen molar-refractivity contribution < 1.29 is 9.59 Å². The fraction of sp³-hybridized carbons (Fsp3) is 0.640. The molecular weight excluding hydrogens is 388 g/mol. The average Bonchev–Trinajstić information content (AvgIpc) is 3.49. The van der Waals surface area contributed by atoms with E-state index in [2.05, 4.69) is 17.2 Å². The summed E-state index contributed by atoms with van der Waals surface area (Å²) in [6.07, 6.45) is 9.69. The first-order valence-electron chi connectivity index (χ1n) is 12.0. The molecule has 6 heteroatoms. The molecule has 5 aliphatic rings. The van der Waals surface area contributed by atoms with Crippen LogP contribution in [0.3, 0.4) is 0 Å². The van der Waals surface area contributed by atoms with Gasteiger partial charge in [0.25, 0.3) is 11.8 Å². The standard InChI is InChI=1S/C25H30N4O2/c1-15-5-6-28(12-15)23(31)19-13-29-20(3-2-4-21(29)27-19)22(30)26-14-24-9-16-7-17-8-18(11-24)25(17,24)10-16/h2-4,13,15-18H,5-12,14H2,1H3,(H,26,30). The van der Waals surface area contributed by atoms with Crippen molar-refractivity contribution in [3.05, 3.63) is 35.8 Å². The number of pyridine rings is 1. The highest BCUT2D eigenvalue weighted by Gasteiger charge is 2.80. The largest absolute Gasteiger partial charge is 0.350 e. The lowest BCUT2D eigenvalue weighted by Crippen LogP contribution is -2.69. The zero-order valence-electron chi connectivity index (χ0n) is 18.1. The number of hydrogen-bond donors (Lipinski definition) is 1. The average molecular weight is 419 g/mol. The van der Waals surface area contributed by atoms with Gasteiger partial charge in [-0.3, -0.25) is 14.0 Å². The molecule has 6 unspecified atom stereocenters. The number of nitrogens with zero attached hydrogens (tertiary/aromatic N) is 3. The Hall–Kier alpha value is -2.37. The van der Waals surface area contributed by atoms with E-state index in [1.165, 1.54) is 32.1 Å². The second-order valence-electron chi connectivity index (χ2n) is 11.3. The highest BCUT2D eigenvalue weighted by Crippen LogP contribution is 2.86. The molecule has 162 valence electrons. The summed E-state index contributed by atoms with van der Waals surface area (Å²) in [6.45, 7) is 4.55. The van der Waals surface area contributed by atoms with Crippen molar-refractivity contribution in [3.8, 4) is 0 Å². The van der Waals surface area contributed by atoms with Crippen LogP contribution < -0.4 is 5.32 Å². The van der Waals surface area contributed by atoms with Gasteiger partial charge in [-0.25, -0.2) is 4.98 Å². The summed E-state index contributed by atoms with van der Waals surface area (Å²) in [5.74, 6) is 3.21. The molecular formula is C25H30N4O2. The zero-order chi connectivity index (χ0) is 21.0. The van der Waals surface area contributed by atoms with Crippen LogP contribution in [0.15, 0.2) is 24.4 Å². The lowest BCUT2D eigenvalue weighted by molar-refractivity contribution is -0.240. The molecule has 5 fully saturated rings. The van der Waals surface area contributed by atoms with E-state index in [4.69, 9.17) is 0 Å². The van der Waals surface area contributed by atoms with Gasteiger partial charge >= 0.3 is 0 Å². The minimum atomic E-state index is -0.0512. The van der Waals surface area contributed by atoms with Crippen molar-refractivity contribution in [2.24, 2.45) is 34.5 Å². The van der Waals surface area contributed by atoms with Gasteiger partial charge in [-0.1, -0.05) is 13.0 Å². The van der Waals surface area contributed by atoms with Gasteiger partial charge in [-0.15, -0.1) is 0 Å². The van der Waals surface area contributed by atoms with Gasteiger partial charge in [0.05, 0.1) is 0 Å². The molecule has 2 aromatic rings. The van der Waals surface area contributed by atoms with Crippen molar-refractivity contribution in [1.82, 2.24) is 19.6 Å². The number of aromatic nitrogens is 2. The first-order chi connectivity index (χ1) is 15.0. The van der Waals surface area contributed by atoms with Crippen LogP contribution in [0.1, 0.15) is 66.4 Å². The van der Waals surface area contributed by atoms with E-state index in [0.29, 0.717) is 33.8 Å². The summed E-state index contributed by atoms with van der Waals surface area (Å²) in [4.78, 5) is 32.5. The first-order valence-corrected chi connectivity index (χ1v) is 12.0. The van der Waals surface area contributed by atoms with E-state index in [9.17, 15) is 9.59 Å². The molecule has 1 spiro atoms. The van der Waals surface area contributed by atoms with E-state index < -0.39 is 0 Å². The number of carbonyl (C=O) groups is 2. The SMILES string of the molecule is CC1CCN(C(=O)c2cn3c(C(=O)NCC45CC6CC7CC(C4)C75C6)cccc3n2)C1. The van der Waals surface area contributed by atoms with Gasteiger partial charge in [0.1, 0.15) is 17.0 Å². The monoisotopic (exact) mass is 418 g/mol. The van der Waals surface area contributed by atoms with Gasteiger partial charge < -0.3 is 10.2 Å². The Morgan fingerprint density at radius 3 is 2.87 bits per heavy atom. The van der Waals surface area contributed by atoms with Crippen molar-refractivity contribution in [3.63, 3.8) is 0 Å². The molecule has 0 aromatic carbocycles. The minimum Gasteiger partial charge on any atom is -0.350 e. The molecule has 1 N–H and O–H groups in total. The number of likely N-dealkylation sites (tertiary alicyclic amines) is 1. The highest BCUT2D eigenvalue weighted by atomic mass is 16.2. The zero-order valence-corrected chi connectivity index (χ0v) is 18.1. The lowest BCUT2D eigenvalue weighted by Gasteiger charge is -2.73. The molecule has 4 aliphatic carbocycles. The molecule has 7 rings (SSSR count). The second kappa shape index (κ2) is 5.90. The number of imidazole rings is 1. The molecule has 0 radical (unpaired) electrons. The molecule has 2 amide bonds. The summed E-state index contributed by atoms with van der Waals surface area (Å²) < 4.78 is 1.79. The van der Waals surface area contributed by atoms with E-state index in [0.717, 1.165) is 43.8 Å². The number of carbonyl (C=O) groups excluding carboxylic acids is 2. The van der Waals surface area contributed by atoms with Gasteiger partial charge in [-0.05, 0) is 85.2 Å². The third-order valence-electron chi connectivity index (χ3n) is 9.82. The second-order valence-corrected chi connectivity index (χ2v) is 11.3. The van der Waals surface area contributed by atoms with Gasteiger partial charge in [0.2, 0.25) is 0 Å². The number of amides is 2. The van der Waals surface area contributed by atoms with Crippen LogP contribution in [0.5, 0.6) is 0 Å². The molecule has 31 heavy (non-hydrogen) atoms. The molecule has 6 atom stereocenters. The fourth-order valence-corrected chi connectivity index (χ4v) is 8.63. The summed E-state index contributed by atoms with van der Waals surface area (Å²) in [6, 6.07) is 5.56. The van der Waals surface area contributed by atoms with Crippen LogP contribution in [-0.4, -0.2) is 45.7 Å². The van der Waals surface area contributed by atoms with Crippen LogP contribution in [-0.2, 0) is 0 Å². The molecule has 4 saturated carbocycles. The Morgan fingerprint density at radius 1 is 1.19 bits per heavy atom. The van der Waals surface area contributed by atoms with Crippen molar-refractivity contribution in [2.75, 3.05) is 19.6 Å². The maximum absolute atomic E-state index is 13.2. The van der Waals surface area contributed by atoms with E-state index in [1.54, 1.807) is 10.6 Å². The fourth-order valence-electron chi connectivity index (χ4n) is 8.63. The Balaban J connectivity index is 1.12. The number of nitrogens with one attached hydrogen (secondary N) is 1. The molecule has 1 aliphatic heterocycles.